The molecule has 8 heteroatoms. The molecule has 0 aromatic heterocycles. The van der Waals surface area contributed by atoms with Crippen LogP contribution in [-0.4, -0.2) is 53.0 Å². The topological polar surface area (TPSA) is 69.7 Å². The predicted molar refractivity (Wildman–Crippen MR) is 104 cm³/mol. The van der Waals surface area contributed by atoms with E-state index >= 15 is 0 Å². The number of likely N-dealkylation sites (N-methyl/N-ethyl adjacent to an activating group) is 1. The quantitative estimate of drug-likeness (QED) is 0.745. The number of nitrogens with one attached hydrogen (secondary N) is 1. The third-order valence-corrected chi connectivity index (χ3v) is 5.68. The van der Waals surface area contributed by atoms with Gasteiger partial charge in [0.2, 0.25) is 5.91 Å². The van der Waals surface area contributed by atoms with Crippen LogP contribution in [0.4, 0.5) is 10.1 Å². The zero-order chi connectivity index (χ0) is 20.0. The lowest BCUT2D eigenvalue weighted by Gasteiger charge is -2.24. The Labute approximate surface area is 159 Å². The molecule has 2 rings (SSSR count). The van der Waals surface area contributed by atoms with Gasteiger partial charge in [0.1, 0.15) is 12.4 Å². The number of halogens is 1. The molecule has 146 valence electrons. The van der Waals surface area contributed by atoms with Gasteiger partial charge in [-0.25, -0.2) is 12.8 Å². The minimum Gasteiger partial charge on any atom is -0.353 e. The molecule has 2 aromatic carbocycles. The van der Waals surface area contributed by atoms with Gasteiger partial charge in [-0.15, -0.1) is 0 Å². The monoisotopic (exact) mass is 393 g/mol. The van der Waals surface area contributed by atoms with E-state index in [1.165, 1.54) is 24.3 Å². The maximum Gasteiger partial charge on any atom is 0.264 e. The summed E-state index contributed by atoms with van der Waals surface area (Å²) in [6.45, 7) is 2.49. The number of amides is 1. The van der Waals surface area contributed by atoms with Gasteiger partial charge < -0.3 is 10.2 Å². The first-order valence-corrected chi connectivity index (χ1v) is 9.90. The molecule has 1 amide bonds. The van der Waals surface area contributed by atoms with Crippen molar-refractivity contribution in [1.82, 2.24) is 10.2 Å². The van der Waals surface area contributed by atoms with E-state index in [0.717, 1.165) is 22.0 Å². The molecule has 0 aliphatic rings. The Morgan fingerprint density at radius 1 is 1.04 bits per heavy atom. The first-order chi connectivity index (χ1) is 12.7. The SMILES string of the molecule is Cc1ccc(S(=O)(=O)N(CC(=O)NCCN(C)C)c2ccc(F)cc2)cc1. The van der Waals surface area contributed by atoms with Crippen LogP contribution in [0.2, 0.25) is 0 Å². The molecule has 0 fully saturated rings. The van der Waals surface area contributed by atoms with Crippen LogP contribution in [0.1, 0.15) is 5.56 Å². The Balaban J connectivity index is 2.30. The van der Waals surface area contributed by atoms with Crippen molar-refractivity contribution in [3.05, 3.63) is 59.9 Å². The summed E-state index contributed by atoms with van der Waals surface area (Å²) in [6, 6.07) is 11.4. The smallest absolute Gasteiger partial charge is 0.264 e. The third-order valence-electron chi connectivity index (χ3n) is 3.89. The van der Waals surface area contributed by atoms with Crippen molar-refractivity contribution in [2.45, 2.75) is 11.8 Å². The molecule has 2 aromatic rings. The van der Waals surface area contributed by atoms with Gasteiger partial charge in [-0.2, -0.15) is 0 Å². The number of hydrogen-bond acceptors (Lipinski definition) is 4. The molecule has 6 nitrogen and oxygen atoms in total. The maximum absolute atomic E-state index is 13.3. The van der Waals surface area contributed by atoms with Crippen molar-refractivity contribution < 1.29 is 17.6 Å². The number of hydrogen-bond donors (Lipinski definition) is 1. The fourth-order valence-electron chi connectivity index (χ4n) is 2.37. The van der Waals surface area contributed by atoms with E-state index in [1.54, 1.807) is 12.1 Å². The highest BCUT2D eigenvalue weighted by Crippen LogP contribution is 2.24. The molecule has 0 heterocycles. The second-order valence-corrected chi connectivity index (χ2v) is 8.32. The Morgan fingerprint density at radius 2 is 1.63 bits per heavy atom. The lowest BCUT2D eigenvalue weighted by atomic mass is 10.2. The molecule has 0 aliphatic carbocycles. The molecule has 0 atom stereocenters. The van der Waals surface area contributed by atoms with E-state index in [-0.39, 0.29) is 10.6 Å². The van der Waals surface area contributed by atoms with Gasteiger partial charge in [0.25, 0.3) is 10.0 Å². The molecular formula is C19H24FN3O3S. The highest BCUT2D eigenvalue weighted by Gasteiger charge is 2.27. The fourth-order valence-corrected chi connectivity index (χ4v) is 3.79. The normalized spacial score (nSPS) is 11.4. The standard InChI is InChI=1S/C19H24FN3O3S/c1-15-4-10-18(11-5-15)27(25,26)23(17-8-6-16(20)7-9-17)14-19(24)21-12-13-22(2)3/h4-11H,12-14H2,1-3H3,(H,21,24). The Bertz CT molecular complexity index is 866. The first kappa shape index (κ1) is 20.9. The lowest BCUT2D eigenvalue weighted by molar-refractivity contribution is -0.119. The summed E-state index contributed by atoms with van der Waals surface area (Å²) in [7, 11) is -0.233. The van der Waals surface area contributed by atoms with Crippen molar-refractivity contribution in [3.63, 3.8) is 0 Å². The van der Waals surface area contributed by atoms with Crippen LogP contribution in [-0.2, 0) is 14.8 Å². The predicted octanol–water partition coefficient (Wildman–Crippen LogP) is 2.01. The molecule has 27 heavy (non-hydrogen) atoms. The van der Waals surface area contributed by atoms with Crippen LogP contribution in [0.25, 0.3) is 0 Å². The summed E-state index contributed by atoms with van der Waals surface area (Å²) < 4.78 is 40.4. The molecule has 0 aliphatic heterocycles. The number of carbonyl (C=O) groups excluding carboxylic acids is 1. The lowest BCUT2D eigenvalue weighted by Crippen LogP contribution is -2.42. The average molecular weight is 393 g/mol. The summed E-state index contributed by atoms with van der Waals surface area (Å²) >= 11 is 0. The summed E-state index contributed by atoms with van der Waals surface area (Å²) in [6.07, 6.45) is 0. The minimum absolute atomic E-state index is 0.0681. The Morgan fingerprint density at radius 3 is 2.19 bits per heavy atom. The van der Waals surface area contributed by atoms with Crippen LogP contribution in [0.15, 0.2) is 53.4 Å². The van der Waals surface area contributed by atoms with Crippen molar-refractivity contribution in [3.8, 4) is 0 Å². The van der Waals surface area contributed by atoms with Crippen molar-refractivity contribution in [1.29, 1.82) is 0 Å². The highest BCUT2D eigenvalue weighted by molar-refractivity contribution is 7.92. The summed E-state index contributed by atoms with van der Waals surface area (Å²) in [4.78, 5) is 14.3. The van der Waals surface area contributed by atoms with Crippen molar-refractivity contribution in [2.75, 3.05) is 38.0 Å². The maximum atomic E-state index is 13.3. The molecule has 0 unspecified atom stereocenters. The molecular weight excluding hydrogens is 369 g/mol. The number of carbonyl (C=O) groups is 1. The number of benzene rings is 2. The fraction of sp³-hybridized carbons (Fsp3) is 0.316. The van der Waals surface area contributed by atoms with Gasteiger partial charge in [0.05, 0.1) is 10.6 Å². The molecule has 0 bridgehead atoms. The Hall–Kier alpha value is -2.45. The van der Waals surface area contributed by atoms with Gasteiger partial charge in [-0.3, -0.25) is 9.10 Å². The van der Waals surface area contributed by atoms with Gasteiger partial charge in [-0.1, -0.05) is 17.7 Å². The van der Waals surface area contributed by atoms with Crippen LogP contribution in [0.3, 0.4) is 0 Å². The Kier molecular flexibility index (Phi) is 6.92. The number of nitrogens with zero attached hydrogens (tertiary/aromatic N) is 2. The second-order valence-electron chi connectivity index (χ2n) is 6.45. The average Bonchev–Trinajstić information content (AvgIpc) is 2.60. The van der Waals surface area contributed by atoms with Gasteiger partial charge >= 0.3 is 0 Å². The zero-order valence-electron chi connectivity index (χ0n) is 15.6. The number of anilines is 1. The molecule has 0 radical (unpaired) electrons. The summed E-state index contributed by atoms with van der Waals surface area (Å²) in [5.41, 5.74) is 1.14. The second kappa shape index (κ2) is 8.96. The van der Waals surface area contributed by atoms with Crippen molar-refractivity contribution in [2.24, 2.45) is 0 Å². The number of rotatable bonds is 8. The van der Waals surface area contributed by atoms with Gasteiger partial charge in [0.15, 0.2) is 0 Å². The first-order valence-electron chi connectivity index (χ1n) is 8.46. The third kappa shape index (κ3) is 5.77. The van der Waals surface area contributed by atoms with Gasteiger partial charge in [-0.05, 0) is 57.4 Å². The molecule has 0 saturated heterocycles. The van der Waals surface area contributed by atoms with E-state index in [2.05, 4.69) is 5.32 Å². The number of sulfonamides is 1. The van der Waals surface area contributed by atoms with E-state index in [9.17, 15) is 17.6 Å². The number of aryl methyl sites for hydroxylation is 1. The summed E-state index contributed by atoms with van der Waals surface area (Å²) in [5.74, 6) is -0.918. The van der Waals surface area contributed by atoms with Crippen LogP contribution in [0.5, 0.6) is 0 Å². The van der Waals surface area contributed by atoms with E-state index in [1.807, 2.05) is 25.9 Å². The van der Waals surface area contributed by atoms with Crippen LogP contribution < -0.4 is 9.62 Å². The largest absolute Gasteiger partial charge is 0.353 e. The highest BCUT2D eigenvalue weighted by atomic mass is 32.2. The van der Waals surface area contributed by atoms with Crippen molar-refractivity contribution >= 4 is 21.6 Å². The van der Waals surface area contributed by atoms with Crippen LogP contribution in [0, 0.1) is 12.7 Å². The van der Waals surface area contributed by atoms with E-state index in [0.29, 0.717) is 13.1 Å². The molecule has 0 spiro atoms. The van der Waals surface area contributed by atoms with Gasteiger partial charge in [0, 0.05) is 13.1 Å². The summed E-state index contributed by atoms with van der Waals surface area (Å²) in [5, 5.41) is 2.70. The zero-order valence-corrected chi connectivity index (χ0v) is 16.5. The van der Waals surface area contributed by atoms with E-state index < -0.39 is 28.3 Å². The minimum atomic E-state index is -3.98. The van der Waals surface area contributed by atoms with E-state index in [4.69, 9.17) is 0 Å². The van der Waals surface area contributed by atoms with Crippen LogP contribution >= 0.6 is 0 Å². The molecule has 0 saturated carbocycles. The molecule has 1 N–H and O–H groups in total.